The predicted octanol–water partition coefficient (Wildman–Crippen LogP) is 1.90. The van der Waals surface area contributed by atoms with Crippen LogP contribution in [0.15, 0.2) is 29.3 Å². The van der Waals surface area contributed by atoms with Crippen molar-refractivity contribution in [1.82, 2.24) is 0 Å². The van der Waals surface area contributed by atoms with Gasteiger partial charge in [0.1, 0.15) is 12.1 Å². The predicted molar refractivity (Wildman–Crippen MR) is 56.4 cm³/mol. The van der Waals surface area contributed by atoms with Gasteiger partial charge in [-0.15, -0.1) is 0 Å². The third-order valence-electron chi connectivity index (χ3n) is 2.31. The van der Waals surface area contributed by atoms with Gasteiger partial charge < -0.3 is 10.5 Å². The molecular weight excluding hydrogens is 200 g/mol. The van der Waals surface area contributed by atoms with Gasteiger partial charge in [0.15, 0.2) is 0 Å². The Hall–Kier alpha value is -1.22. The molecule has 0 bridgehead atoms. The van der Waals surface area contributed by atoms with Crippen LogP contribution in [0.2, 0.25) is 5.02 Å². The minimum atomic E-state index is -0.442. The Balaban J connectivity index is 2.45. The lowest BCUT2D eigenvalue weighted by atomic mass is 9.94. The minimum Gasteiger partial charge on any atom is -0.462 e. The molecule has 1 unspecified atom stereocenters. The molecule has 0 aliphatic carbocycles. The molecule has 0 saturated heterocycles. The van der Waals surface area contributed by atoms with Crippen molar-refractivity contribution in [3.05, 3.63) is 34.9 Å². The van der Waals surface area contributed by atoms with Gasteiger partial charge in [0.25, 0.3) is 6.02 Å². The highest BCUT2D eigenvalue weighted by molar-refractivity contribution is 6.31. The summed E-state index contributed by atoms with van der Waals surface area (Å²) >= 11 is 6.08. The fourth-order valence-corrected chi connectivity index (χ4v) is 1.90. The van der Waals surface area contributed by atoms with Crippen molar-refractivity contribution in [3.63, 3.8) is 0 Å². The van der Waals surface area contributed by atoms with Gasteiger partial charge in [-0.05, 0) is 13.0 Å². The first kappa shape index (κ1) is 9.34. The highest BCUT2D eigenvalue weighted by Gasteiger charge is 2.34. The highest BCUT2D eigenvalue weighted by atomic mass is 35.5. The van der Waals surface area contributed by atoms with Gasteiger partial charge in [-0.2, -0.15) is 0 Å². The van der Waals surface area contributed by atoms with Crippen molar-refractivity contribution in [2.24, 2.45) is 10.7 Å². The Morgan fingerprint density at radius 2 is 2.21 bits per heavy atom. The van der Waals surface area contributed by atoms with Crippen molar-refractivity contribution in [1.29, 1.82) is 0 Å². The van der Waals surface area contributed by atoms with Crippen molar-refractivity contribution in [2.45, 2.75) is 12.5 Å². The van der Waals surface area contributed by atoms with Crippen molar-refractivity contribution in [2.75, 3.05) is 6.61 Å². The van der Waals surface area contributed by atoms with Gasteiger partial charge in [0.05, 0.1) is 0 Å². The monoisotopic (exact) mass is 210 g/mol. The van der Waals surface area contributed by atoms with Crippen LogP contribution in [0.1, 0.15) is 12.5 Å². The average molecular weight is 211 g/mol. The summed E-state index contributed by atoms with van der Waals surface area (Å²) in [6, 6.07) is 7.82. The lowest BCUT2D eigenvalue weighted by molar-refractivity contribution is 0.266. The minimum absolute atomic E-state index is 0.229. The maximum absolute atomic E-state index is 6.08. The molecule has 0 spiro atoms. The number of benzene rings is 1. The molecule has 0 fully saturated rings. The summed E-state index contributed by atoms with van der Waals surface area (Å²) < 4.78 is 5.15. The first-order chi connectivity index (χ1) is 6.62. The molecule has 1 aromatic rings. The molecule has 1 atom stereocenters. The fourth-order valence-electron chi connectivity index (χ4n) is 1.56. The molecule has 14 heavy (non-hydrogen) atoms. The van der Waals surface area contributed by atoms with Crippen LogP contribution in [-0.4, -0.2) is 12.6 Å². The third kappa shape index (κ3) is 1.44. The highest BCUT2D eigenvalue weighted by Crippen LogP contribution is 2.34. The van der Waals surface area contributed by atoms with Crippen LogP contribution in [0.3, 0.4) is 0 Å². The number of nitrogens with two attached hydrogens (primary N) is 1. The summed E-state index contributed by atoms with van der Waals surface area (Å²) in [7, 11) is 0. The second kappa shape index (κ2) is 3.17. The zero-order chi connectivity index (χ0) is 10.2. The topological polar surface area (TPSA) is 47.6 Å². The number of amidine groups is 1. The van der Waals surface area contributed by atoms with Gasteiger partial charge >= 0.3 is 0 Å². The number of rotatable bonds is 1. The van der Waals surface area contributed by atoms with E-state index in [0.29, 0.717) is 11.6 Å². The lowest BCUT2D eigenvalue weighted by Gasteiger charge is -2.19. The zero-order valence-corrected chi connectivity index (χ0v) is 8.58. The van der Waals surface area contributed by atoms with Gasteiger partial charge in [0, 0.05) is 10.6 Å². The van der Waals surface area contributed by atoms with Crippen LogP contribution in [-0.2, 0) is 10.3 Å². The van der Waals surface area contributed by atoms with Crippen LogP contribution < -0.4 is 5.73 Å². The van der Waals surface area contributed by atoms with Crippen molar-refractivity contribution < 1.29 is 4.74 Å². The molecule has 1 heterocycles. The summed E-state index contributed by atoms with van der Waals surface area (Å²) in [4.78, 5) is 4.24. The van der Waals surface area contributed by atoms with E-state index in [2.05, 4.69) is 4.99 Å². The Morgan fingerprint density at radius 3 is 2.79 bits per heavy atom. The molecule has 0 saturated carbocycles. The smallest absolute Gasteiger partial charge is 0.283 e. The zero-order valence-electron chi connectivity index (χ0n) is 7.83. The summed E-state index contributed by atoms with van der Waals surface area (Å²) in [6.07, 6.45) is 0. The van der Waals surface area contributed by atoms with E-state index in [4.69, 9.17) is 22.1 Å². The number of hydrogen-bond donors (Lipinski definition) is 1. The number of halogens is 1. The Bertz CT molecular complexity index is 391. The van der Waals surface area contributed by atoms with E-state index in [1.54, 1.807) is 0 Å². The fraction of sp³-hybridized carbons (Fsp3) is 0.300. The second-order valence-corrected chi connectivity index (χ2v) is 3.90. The molecule has 2 N–H and O–H groups in total. The van der Waals surface area contributed by atoms with E-state index in [1.165, 1.54) is 0 Å². The van der Waals surface area contributed by atoms with Crippen LogP contribution in [0.5, 0.6) is 0 Å². The van der Waals surface area contributed by atoms with Crippen molar-refractivity contribution >= 4 is 17.6 Å². The number of aliphatic imine (C=N–C) groups is 1. The van der Waals surface area contributed by atoms with Crippen LogP contribution in [0, 0.1) is 0 Å². The van der Waals surface area contributed by atoms with E-state index in [-0.39, 0.29) is 6.02 Å². The Morgan fingerprint density at radius 1 is 1.50 bits per heavy atom. The first-order valence-electron chi connectivity index (χ1n) is 4.35. The van der Waals surface area contributed by atoms with Gasteiger partial charge in [-0.1, -0.05) is 29.8 Å². The molecule has 2 rings (SSSR count). The molecule has 3 nitrogen and oxygen atoms in total. The Labute approximate surface area is 87.5 Å². The molecule has 0 radical (unpaired) electrons. The quantitative estimate of drug-likeness (QED) is 0.770. The molecule has 0 amide bonds. The van der Waals surface area contributed by atoms with E-state index >= 15 is 0 Å². The lowest BCUT2D eigenvalue weighted by Crippen LogP contribution is -2.21. The van der Waals surface area contributed by atoms with E-state index in [0.717, 1.165) is 5.56 Å². The van der Waals surface area contributed by atoms with Gasteiger partial charge in [-0.25, -0.2) is 4.99 Å². The number of ether oxygens (including phenoxy) is 1. The molecule has 74 valence electrons. The van der Waals surface area contributed by atoms with E-state index in [1.807, 2.05) is 31.2 Å². The molecular formula is C10H11ClN2O. The summed E-state index contributed by atoms with van der Waals surface area (Å²) in [5.74, 6) is 0. The Kier molecular flexibility index (Phi) is 2.11. The summed E-state index contributed by atoms with van der Waals surface area (Å²) in [5, 5.41) is 0.692. The van der Waals surface area contributed by atoms with Crippen LogP contribution in [0.4, 0.5) is 0 Å². The SMILES string of the molecule is CC1(c2ccccc2Cl)COC(N)=N1. The van der Waals surface area contributed by atoms with Crippen LogP contribution in [0.25, 0.3) is 0 Å². The van der Waals surface area contributed by atoms with Crippen molar-refractivity contribution in [3.8, 4) is 0 Å². The molecule has 1 aliphatic heterocycles. The molecule has 1 aliphatic rings. The number of nitrogens with zero attached hydrogens (tertiary/aromatic N) is 1. The maximum Gasteiger partial charge on any atom is 0.283 e. The largest absolute Gasteiger partial charge is 0.462 e. The van der Waals surface area contributed by atoms with E-state index < -0.39 is 5.54 Å². The standard InChI is InChI=1S/C10H11ClN2O/c1-10(6-14-9(12)13-10)7-4-2-3-5-8(7)11/h2-5H,6H2,1H3,(H2,12,13). The summed E-state index contributed by atoms with van der Waals surface area (Å²) in [6.45, 7) is 2.40. The average Bonchev–Trinajstić information content (AvgIpc) is 2.48. The second-order valence-electron chi connectivity index (χ2n) is 3.49. The maximum atomic E-state index is 6.08. The first-order valence-corrected chi connectivity index (χ1v) is 4.73. The van der Waals surface area contributed by atoms with Gasteiger partial charge in [-0.3, -0.25) is 0 Å². The number of hydrogen-bond acceptors (Lipinski definition) is 3. The van der Waals surface area contributed by atoms with Gasteiger partial charge in [0.2, 0.25) is 0 Å². The molecule has 1 aromatic carbocycles. The molecule has 4 heteroatoms. The normalized spacial score (nSPS) is 25.7. The van der Waals surface area contributed by atoms with Crippen LogP contribution >= 0.6 is 11.6 Å². The summed E-state index contributed by atoms with van der Waals surface area (Å²) in [5.41, 5.74) is 5.99. The van der Waals surface area contributed by atoms with E-state index in [9.17, 15) is 0 Å². The molecule has 0 aromatic heterocycles. The third-order valence-corrected chi connectivity index (χ3v) is 2.64.